The van der Waals surface area contributed by atoms with Crippen LogP contribution in [-0.4, -0.2) is 22.4 Å². The molecule has 1 heterocycles. The molecule has 0 saturated heterocycles. The zero-order chi connectivity index (χ0) is 25.2. The van der Waals surface area contributed by atoms with Gasteiger partial charge in [0.1, 0.15) is 11.5 Å². The van der Waals surface area contributed by atoms with Crippen molar-refractivity contribution in [2.45, 2.75) is 25.9 Å². The molecule has 4 rings (SSSR count). The molecule has 10 heteroatoms. The second-order valence-corrected chi connectivity index (χ2v) is 8.01. The van der Waals surface area contributed by atoms with E-state index in [4.69, 9.17) is 21.1 Å². The third kappa shape index (κ3) is 5.09. The number of halogens is 5. The summed E-state index contributed by atoms with van der Waals surface area (Å²) in [5.74, 6) is -2.23. The van der Waals surface area contributed by atoms with Crippen LogP contribution in [0.1, 0.15) is 35.7 Å². The van der Waals surface area contributed by atoms with Crippen molar-refractivity contribution < 1.29 is 31.8 Å². The first-order valence-corrected chi connectivity index (χ1v) is 11.1. The smallest absolute Gasteiger partial charge is 0.420 e. The number of nitrogens with zero attached hydrogens (tertiary/aromatic N) is 2. The fraction of sp³-hybridized carbons (Fsp3) is 0.200. The minimum absolute atomic E-state index is 0.0289. The second kappa shape index (κ2) is 9.95. The Morgan fingerprint density at radius 3 is 2.57 bits per heavy atom. The van der Waals surface area contributed by atoms with Crippen molar-refractivity contribution in [1.29, 1.82) is 0 Å². The predicted molar refractivity (Wildman–Crippen MR) is 123 cm³/mol. The van der Waals surface area contributed by atoms with Crippen molar-refractivity contribution in [2.24, 2.45) is 0 Å². The van der Waals surface area contributed by atoms with Gasteiger partial charge in [-0.2, -0.15) is 13.2 Å². The van der Waals surface area contributed by atoms with Crippen LogP contribution in [0.2, 0.25) is 5.02 Å². The van der Waals surface area contributed by atoms with E-state index in [-0.39, 0.29) is 28.8 Å². The molecule has 0 N–H and O–H groups in total. The molecule has 182 valence electrons. The largest absolute Gasteiger partial charge is 0.462 e. The molecule has 0 radical (unpaired) electrons. The Hall–Kier alpha value is -3.59. The van der Waals surface area contributed by atoms with E-state index in [0.29, 0.717) is 17.3 Å². The number of esters is 1. The summed E-state index contributed by atoms with van der Waals surface area (Å²) >= 11 is 6.01. The van der Waals surface area contributed by atoms with Gasteiger partial charge in [0, 0.05) is 0 Å². The quantitative estimate of drug-likeness (QED) is 0.147. The molecule has 0 amide bonds. The van der Waals surface area contributed by atoms with Crippen LogP contribution >= 0.6 is 11.6 Å². The molecule has 5 nitrogen and oxygen atoms in total. The number of rotatable bonds is 7. The average Bonchev–Trinajstić information content (AvgIpc) is 3.18. The maximum atomic E-state index is 15.1. The van der Waals surface area contributed by atoms with Gasteiger partial charge in [0.25, 0.3) is 0 Å². The van der Waals surface area contributed by atoms with Gasteiger partial charge < -0.3 is 9.47 Å². The van der Waals surface area contributed by atoms with Gasteiger partial charge in [0.15, 0.2) is 5.75 Å². The van der Waals surface area contributed by atoms with E-state index in [1.165, 1.54) is 28.9 Å². The average molecular weight is 507 g/mol. The van der Waals surface area contributed by atoms with Crippen molar-refractivity contribution in [1.82, 2.24) is 9.78 Å². The highest BCUT2D eigenvalue weighted by atomic mass is 35.5. The number of benzene rings is 3. The normalized spacial score (nSPS) is 11.6. The lowest BCUT2D eigenvalue weighted by molar-refractivity contribution is -0.138. The van der Waals surface area contributed by atoms with Crippen LogP contribution in [0.25, 0.3) is 16.6 Å². The Kier molecular flexibility index (Phi) is 6.98. The van der Waals surface area contributed by atoms with E-state index in [2.05, 4.69) is 5.10 Å². The number of unbranched alkanes of at least 4 members (excludes halogenated alkanes) is 1. The van der Waals surface area contributed by atoms with Gasteiger partial charge in [-0.3, -0.25) is 0 Å². The highest BCUT2D eigenvalue weighted by Gasteiger charge is 2.36. The molecular formula is C25H19ClF4N2O3. The minimum Gasteiger partial charge on any atom is -0.462 e. The zero-order valence-corrected chi connectivity index (χ0v) is 19.2. The van der Waals surface area contributed by atoms with Crippen molar-refractivity contribution in [3.05, 3.63) is 82.6 Å². The Morgan fingerprint density at radius 1 is 1.09 bits per heavy atom. The third-order valence-corrected chi connectivity index (χ3v) is 5.46. The van der Waals surface area contributed by atoms with E-state index in [0.717, 1.165) is 18.6 Å². The van der Waals surface area contributed by atoms with Crippen LogP contribution in [0.4, 0.5) is 17.6 Å². The summed E-state index contributed by atoms with van der Waals surface area (Å²) < 4.78 is 67.5. The summed E-state index contributed by atoms with van der Waals surface area (Å²) in [4.78, 5) is 12.1. The number of fused-ring (bicyclic) bond motifs is 1. The van der Waals surface area contributed by atoms with Crippen molar-refractivity contribution in [3.8, 4) is 17.3 Å². The molecule has 0 aliphatic heterocycles. The van der Waals surface area contributed by atoms with E-state index in [9.17, 15) is 18.0 Å². The first-order chi connectivity index (χ1) is 16.7. The van der Waals surface area contributed by atoms with Gasteiger partial charge in [-0.1, -0.05) is 43.1 Å². The summed E-state index contributed by atoms with van der Waals surface area (Å²) in [6.45, 7) is 2.18. The lowest BCUT2D eigenvalue weighted by atomic mass is 10.2. The molecule has 0 aliphatic carbocycles. The zero-order valence-electron chi connectivity index (χ0n) is 18.4. The molecule has 3 aromatic carbocycles. The SMILES string of the molecule is CCCCOC(=O)c1ccc(-n2nc(Oc3c(Cl)cccc3C(F)(F)F)c3ccccc32)c(F)c1. The lowest BCUT2D eigenvalue weighted by Crippen LogP contribution is -2.08. The molecule has 0 aliphatic rings. The lowest BCUT2D eigenvalue weighted by Gasteiger charge is -2.13. The van der Waals surface area contributed by atoms with Crippen molar-refractivity contribution in [3.63, 3.8) is 0 Å². The monoisotopic (exact) mass is 506 g/mol. The number of hydrogen-bond acceptors (Lipinski definition) is 4. The first-order valence-electron chi connectivity index (χ1n) is 10.7. The Morgan fingerprint density at radius 2 is 1.86 bits per heavy atom. The Labute approximate surface area is 202 Å². The topological polar surface area (TPSA) is 53.4 Å². The second-order valence-electron chi connectivity index (χ2n) is 7.61. The van der Waals surface area contributed by atoms with Crippen LogP contribution in [0, 0.1) is 5.82 Å². The number of carbonyl (C=O) groups is 1. The van der Waals surface area contributed by atoms with Gasteiger partial charge in [-0.25, -0.2) is 13.9 Å². The fourth-order valence-electron chi connectivity index (χ4n) is 3.43. The predicted octanol–water partition coefficient (Wildman–Crippen LogP) is 7.59. The molecule has 0 saturated carbocycles. The molecule has 0 bridgehead atoms. The van der Waals surface area contributed by atoms with Crippen molar-refractivity contribution in [2.75, 3.05) is 6.61 Å². The molecule has 0 atom stereocenters. The molecular weight excluding hydrogens is 488 g/mol. The van der Waals surface area contributed by atoms with E-state index < -0.39 is 29.3 Å². The molecule has 4 aromatic rings. The van der Waals surface area contributed by atoms with E-state index in [1.807, 2.05) is 6.92 Å². The molecule has 0 unspecified atom stereocenters. The summed E-state index contributed by atoms with van der Waals surface area (Å²) in [6, 6.07) is 13.5. The van der Waals surface area contributed by atoms with E-state index in [1.54, 1.807) is 24.3 Å². The Balaban J connectivity index is 1.75. The van der Waals surface area contributed by atoms with Gasteiger partial charge in [0.2, 0.25) is 5.88 Å². The number of ether oxygens (including phenoxy) is 2. The highest BCUT2D eigenvalue weighted by molar-refractivity contribution is 6.32. The standard InChI is InChI=1S/C25H19ClF4N2O3/c1-2-3-13-34-24(33)15-11-12-21(19(27)14-15)32-20-10-5-4-7-16(20)23(31-32)35-22-17(25(28,29)30)8-6-9-18(22)26/h4-12,14H,2-3,13H2,1H3. The molecule has 1 aromatic heterocycles. The van der Waals surface area contributed by atoms with Gasteiger partial charge in [-0.15, -0.1) is 5.10 Å². The summed E-state index contributed by atoms with van der Waals surface area (Å²) in [7, 11) is 0. The van der Waals surface area contributed by atoms with E-state index >= 15 is 4.39 Å². The summed E-state index contributed by atoms with van der Waals surface area (Å²) in [5.41, 5.74) is -0.696. The van der Waals surface area contributed by atoms with Crippen LogP contribution in [0.3, 0.4) is 0 Å². The number of hydrogen-bond donors (Lipinski definition) is 0. The maximum Gasteiger partial charge on any atom is 0.420 e. The number of carbonyl (C=O) groups excluding carboxylic acids is 1. The van der Waals surface area contributed by atoms with Crippen LogP contribution in [-0.2, 0) is 10.9 Å². The molecule has 0 fully saturated rings. The number of aromatic nitrogens is 2. The summed E-state index contributed by atoms with van der Waals surface area (Å²) in [5, 5.41) is 4.31. The first kappa shape index (κ1) is 24.5. The molecule has 35 heavy (non-hydrogen) atoms. The van der Waals surface area contributed by atoms with Crippen LogP contribution in [0.15, 0.2) is 60.7 Å². The number of alkyl halides is 3. The van der Waals surface area contributed by atoms with Gasteiger partial charge in [0.05, 0.1) is 33.7 Å². The Bertz CT molecular complexity index is 1390. The van der Waals surface area contributed by atoms with Crippen LogP contribution in [0.5, 0.6) is 11.6 Å². The summed E-state index contributed by atoms with van der Waals surface area (Å²) in [6.07, 6.45) is -3.18. The number of para-hydroxylation sites is 2. The third-order valence-electron chi connectivity index (χ3n) is 5.17. The van der Waals surface area contributed by atoms with Gasteiger partial charge in [-0.05, 0) is 48.9 Å². The molecule has 0 spiro atoms. The minimum atomic E-state index is -4.72. The van der Waals surface area contributed by atoms with Gasteiger partial charge >= 0.3 is 12.1 Å². The maximum absolute atomic E-state index is 15.1. The fourth-order valence-corrected chi connectivity index (χ4v) is 3.64. The highest BCUT2D eigenvalue weighted by Crippen LogP contribution is 2.43. The van der Waals surface area contributed by atoms with Crippen LogP contribution < -0.4 is 4.74 Å². The van der Waals surface area contributed by atoms with Crippen molar-refractivity contribution >= 4 is 28.5 Å².